The van der Waals surface area contributed by atoms with Crippen molar-refractivity contribution in [3.8, 4) is 0 Å². The van der Waals surface area contributed by atoms with Crippen molar-refractivity contribution in [2.75, 3.05) is 5.32 Å². The normalized spacial score (nSPS) is 10.8. The number of nitrogens with one attached hydrogen (secondary N) is 1. The number of pyridine rings is 1. The Balaban J connectivity index is 2.33. The van der Waals surface area contributed by atoms with Gasteiger partial charge in [-0.15, -0.1) is 0 Å². The van der Waals surface area contributed by atoms with Crippen LogP contribution in [0.5, 0.6) is 0 Å². The van der Waals surface area contributed by atoms with Crippen molar-refractivity contribution < 1.29 is 4.79 Å². The lowest BCUT2D eigenvalue weighted by Gasteiger charge is -2.11. The first-order valence-electron chi connectivity index (χ1n) is 6.31. The number of aromatic nitrogens is 1. The minimum Gasteiger partial charge on any atom is -0.319 e. The Hall–Kier alpha value is -1.29. The number of hydrogen-bond donors (Lipinski definition) is 1. The molecule has 0 radical (unpaired) electrons. The van der Waals surface area contributed by atoms with Gasteiger partial charge in [-0.25, -0.2) is 4.98 Å². The van der Waals surface area contributed by atoms with Crippen LogP contribution in [0.3, 0.4) is 0 Å². The van der Waals surface area contributed by atoms with Crippen LogP contribution in [-0.2, 0) is 0 Å². The summed E-state index contributed by atoms with van der Waals surface area (Å²) in [5.41, 5.74) is 1.54. The Labute approximate surface area is 138 Å². The fourth-order valence-electron chi connectivity index (χ4n) is 1.75. The lowest BCUT2D eigenvalue weighted by Crippen LogP contribution is -2.13. The second kappa shape index (κ2) is 6.65. The highest BCUT2D eigenvalue weighted by Crippen LogP contribution is 2.30. The Morgan fingerprint density at radius 2 is 1.76 bits per heavy atom. The molecule has 0 aliphatic rings. The van der Waals surface area contributed by atoms with E-state index in [2.05, 4.69) is 10.3 Å². The minimum absolute atomic E-state index is 0.166. The average Bonchev–Trinajstić information content (AvgIpc) is 2.42. The third-order valence-corrected chi connectivity index (χ3v) is 3.69. The summed E-state index contributed by atoms with van der Waals surface area (Å²) < 4.78 is 0. The monoisotopic (exact) mass is 342 g/mol. The maximum absolute atomic E-state index is 12.3. The molecule has 3 nitrogen and oxygen atoms in total. The quantitative estimate of drug-likeness (QED) is 0.756. The number of rotatable bonds is 3. The molecule has 0 bridgehead atoms. The molecule has 0 atom stereocenters. The van der Waals surface area contributed by atoms with E-state index in [0.717, 1.165) is 5.69 Å². The van der Waals surface area contributed by atoms with Crippen molar-refractivity contribution in [3.05, 3.63) is 56.8 Å². The molecule has 1 amide bonds. The Bertz CT molecular complexity index is 666. The second-order valence-electron chi connectivity index (χ2n) is 4.81. The summed E-state index contributed by atoms with van der Waals surface area (Å²) in [7, 11) is 0. The van der Waals surface area contributed by atoms with Crippen molar-refractivity contribution in [2.45, 2.75) is 19.8 Å². The van der Waals surface area contributed by atoms with Crippen LogP contribution in [0.25, 0.3) is 0 Å². The van der Waals surface area contributed by atoms with Crippen LogP contribution in [0, 0.1) is 0 Å². The predicted molar refractivity (Wildman–Crippen MR) is 87.8 cm³/mol. The van der Waals surface area contributed by atoms with E-state index in [1.54, 1.807) is 24.3 Å². The van der Waals surface area contributed by atoms with Crippen molar-refractivity contribution in [3.63, 3.8) is 0 Å². The molecule has 6 heteroatoms. The topological polar surface area (TPSA) is 42.0 Å². The standard InChI is InChI=1S/C15H13Cl3N2O/c1-8(2)12-6-9(7-13(18)19-12)15(21)20-14-10(16)4-3-5-11(14)17/h3-8H,1-2H3,(H,20,21). The number of hydrogen-bond acceptors (Lipinski definition) is 2. The number of nitrogens with zero attached hydrogens (tertiary/aromatic N) is 1. The van der Waals surface area contributed by atoms with E-state index in [0.29, 0.717) is 21.3 Å². The van der Waals surface area contributed by atoms with Gasteiger partial charge in [0.05, 0.1) is 15.7 Å². The lowest BCUT2D eigenvalue weighted by atomic mass is 10.1. The molecule has 0 saturated heterocycles. The van der Waals surface area contributed by atoms with Gasteiger partial charge in [0.15, 0.2) is 0 Å². The molecular weight excluding hydrogens is 331 g/mol. The first-order valence-corrected chi connectivity index (χ1v) is 7.44. The molecule has 0 aliphatic heterocycles. The number of anilines is 1. The number of para-hydroxylation sites is 1. The molecule has 0 spiro atoms. The number of amides is 1. The van der Waals surface area contributed by atoms with Gasteiger partial charge < -0.3 is 5.32 Å². The van der Waals surface area contributed by atoms with Gasteiger partial charge in [-0.05, 0) is 30.2 Å². The van der Waals surface area contributed by atoms with Crippen molar-refractivity contribution in [1.29, 1.82) is 0 Å². The molecule has 2 rings (SSSR count). The molecule has 1 N–H and O–H groups in total. The fraction of sp³-hybridized carbons (Fsp3) is 0.200. The van der Waals surface area contributed by atoms with Gasteiger partial charge in [-0.1, -0.05) is 54.7 Å². The number of benzene rings is 1. The molecule has 0 aliphatic carbocycles. The van der Waals surface area contributed by atoms with Gasteiger partial charge in [0, 0.05) is 11.3 Å². The molecule has 0 fully saturated rings. The summed E-state index contributed by atoms with van der Waals surface area (Å²) >= 11 is 18.0. The highest BCUT2D eigenvalue weighted by atomic mass is 35.5. The summed E-state index contributed by atoms with van der Waals surface area (Å²) in [6, 6.07) is 8.23. The summed E-state index contributed by atoms with van der Waals surface area (Å²) in [4.78, 5) is 16.5. The molecule has 1 heterocycles. The fourth-order valence-corrected chi connectivity index (χ4v) is 2.45. The molecule has 21 heavy (non-hydrogen) atoms. The van der Waals surface area contributed by atoms with Gasteiger partial charge >= 0.3 is 0 Å². The number of carbonyl (C=O) groups is 1. The highest BCUT2D eigenvalue weighted by Gasteiger charge is 2.14. The Morgan fingerprint density at radius 1 is 1.14 bits per heavy atom. The minimum atomic E-state index is -0.337. The highest BCUT2D eigenvalue weighted by molar-refractivity contribution is 6.40. The summed E-state index contributed by atoms with van der Waals surface area (Å²) in [5, 5.41) is 3.72. The molecule has 1 aromatic heterocycles. The summed E-state index contributed by atoms with van der Waals surface area (Å²) in [6.07, 6.45) is 0. The summed E-state index contributed by atoms with van der Waals surface area (Å²) in [5.74, 6) is -0.171. The third-order valence-electron chi connectivity index (χ3n) is 2.87. The van der Waals surface area contributed by atoms with Crippen LogP contribution in [-0.4, -0.2) is 10.9 Å². The zero-order valence-corrected chi connectivity index (χ0v) is 13.7. The van der Waals surface area contributed by atoms with E-state index in [1.807, 2.05) is 13.8 Å². The molecule has 2 aromatic rings. The molecule has 0 unspecified atom stereocenters. The van der Waals surface area contributed by atoms with E-state index < -0.39 is 0 Å². The second-order valence-corrected chi connectivity index (χ2v) is 6.01. The van der Waals surface area contributed by atoms with Crippen LogP contribution in [0.1, 0.15) is 35.8 Å². The Morgan fingerprint density at radius 3 is 2.33 bits per heavy atom. The van der Waals surface area contributed by atoms with Crippen LogP contribution < -0.4 is 5.32 Å². The van der Waals surface area contributed by atoms with E-state index in [-0.39, 0.29) is 17.0 Å². The van der Waals surface area contributed by atoms with E-state index >= 15 is 0 Å². The van der Waals surface area contributed by atoms with E-state index in [1.165, 1.54) is 6.07 Å². The van der Waals surface area contributed by atoms with Crippen LogP contribution in [0.2, 0.25) is 15.2 Å². The largest absolute Gasteiger partial charge is 0.319 e. The van der Waals surface area contributed by atoms with Gasteiger partial charge in [-0.3, -0.25) is 4.79 Å². The molecule has 110 valence electrons. The van der Waals surface area contributed by atoms with Gasteiger partial charge in [-0.2, -0.15) is 0 Å². The van der Waals surface area contributed by atoms with Gasteiger partial charge in [0.2, 0.25) is 0 Å². The van der Waals surface area contributed by atoms with Gasteiger partial charge in [0.1, 0.15) is 5.15 Å². The Kier molecular flexibility index (Phi) is 5.09. The first-order chi connectivity index (χ1) is 9.88. The SMILES string of the molecule is CC(C)c1cc(C(=O)Nc2c(Cl)cccc2Cl)cc(Cl)n1. The van der Waals surface area contributed by atoms with Gasteiger partial charge in [0.25, 0.3) is 5.91 Å². The maximum Gasteiger partial charge on any atom is 0.255 e. The molecule has 0 saturated carbocycles. The maximum atomic E-state index is 12.3. The van der Waals surface area contributed by atoms with Crippen molar-refractivity contribution in [1.82, 2.24) is 4.98 Å². The molecule has 1 aromatic carbocycles. The predicted octanol–water partition coefficient (Wildman–Crippen LogP) is 5.42. The smallest absolute Gasteiger partial charge is 0.255 e. The van der Waals surface area contributed by atoms with Crippen molar-refractivity contribution in [2.24, 2.45) is 0 Å². The number of halogens is 3. The zero-order valence-electron chi connectivity index (χ0n) is 11.5. The van der Waals surface area contributed by atoms with Crippen molar-refractivity contribution >= 4 is 46.4 Å². The lowest BCUT2D eigenvalue weighted by molar-refractivity contribution is 0.102. The average molecular weight is 344 g/mol. The van der Waals surface area contributed by atoms with Crippen LogP contribution in [0.4, 0.5) is 5.69 Å². The third kappa shape index (κ3) is 3.88. The number of carbonyl (C=O) groups excluding carboxylic acids is 1. The van der Waals surface area contributed by atoms with E-state index in [4.69, 9.17) is 34.8 Å². The van der Waals surface area contributed by atoms with Crippen LogP contribution in [0.15, 0.2) is 30.3 Å². The van der Waals surface area contributed by atoms with Crippen LogP contribution >= 0.6 is 34.8 Å². The molecular formula is C15H13Cl3N2O. The summed E-state index contributed by atoms with van der Waals surface area (Å²) in [6.45, 7) is 3.95. The first kappa shape index (κ1) is 16.1. The van der Waals surface area contributed by atoms with E-state index in [9.17, 15) is 4.79 Å². The zero-order chi connectivity index (χ0) is 15.6.